The van der Waals surface area contributed by atoms with Gasteiger partial charge in [0.2, 0.25) is 5.91 Å². The Morgan fingerprint density at radius 3 is 3.16 bits per heavy atom. The van der Waals surface area contributed by atoms with E-state index in [2.05, 4.69) is 26.9 Å². The van der Waals surface area contributed by atoms with Gasteiger partial charge in [-0.3, -0.25) is 9.79 Å². The highest BCUT2D eigenvalue weighted by molar-refractivity contribution is 5.95. The minimum absolute atomic E-state index is 0.141. The molecule has 1 aliphatic heterocycles. The van der Waals surface area contributed by atoms with Crippen LogP contribution in [0.4, 0.5) is 5.69 Å². The predicted octanol–water partition coefficient (Wildman–Crippen LogP) is 0.544. The van der Waals surface area contributed by atoms with Crippen molar-refractivity contribution in [2.75, 3.05) is 18.4 Å². The first kappa shape index (κ1) is 13.0. The first-order chi connectivity index (χ1) is 9.17. The zero-order chi connectivity index (χ0) is 13.7. The maximum atomic E-state index is 11.7. The molecular formula is C14H16N4O. The third kappa shape index (κ3) is 3.75. The summed E-state index contributed by atoms with van der Waals surface area (Å²) < 4.78 is 0. The topological polar surface area (TPSA) is 65.5 Å². The van der Waals surface area contributed by atoms with Gasteiger partial charge in [0, 0.05) is 17.3 Å². The molecule has 1 atom stereocenters. The van der Waals surface area contributed by atoms with Gasteiger partial charge in [-0.05, 0) is 25.1 Å². The van der Waals surface area contributed by atoms with Crippen molar-refractivity contribution in [2.24, 2.45) is 4.99 Å². The molecule has 5 nitrogen and oxygen atoms in total. The fourth-order valence-electron chi connectivity index (χ4n) is 1.72. The lowest BCUT2D eigenvalue weighted by Crippen LogP contribution is -2.41. The lowest BCUT2D eigenvalue weighted by atomic mass is 10.2. The van der Waals surface area contributed by atoms with Gasteiger partial charge in [-0.1, -0.05) is 12.0 Å². The van der Waals surface area contributed by atoms with Crippen molar-refractivity contribution < 1.29 is 4.79 Å². The fraction of sp³-hybridized carbons (Fsp3) is 0.286. The molecule has 1 unspecified atom stereocenters. The maximum absolute atomic E-state index is 11.7. The Kier molecular flexibility index (Phi) is 4.04. The molecule has 0 fully saturated rings. The number of benzene rings is 1. The van der Waals surface area contributed by atoms with Crippen molar-refractivity contribution in [2.45, 2.75) is 13.0 Å². The van der Waals surface area contributed by atoms with Gasteiger partial charge >= 0.3 is 0 Å². The van der Waals surface area contributed by atoms with Crippen molar-refractivity contribution >= 4 is 17.6 Å². The third-order valence-electron chi connectivity index (χ3n) is 2.64. The third-order valence-corrected chi connectivity index (χ3v) is 2.64. The summed E-state index contributed by atoms with van der Waals surface area (Å²) in [6, 6.07) is 7.49. The molecule has 1 aromatic rings. The van der Waals surface area contributed by atoms with Gasteiger partial charge in [0.25, 0.3) is 0 Å². The van der Waals surface area contributed by atoms with E-state index in [9.17, 15) is 4.79 Å². The SMILES string of the molecule is C#Cc1cccc(NC(=O)CNC2=NCC(C)N2)c1. The standard InChI is InChI=1S/C14H16N4O/c1-3-11-5-4-6-12(7-11)18-13(19)9-16-14-15-8-10(2)17-14/h1,4-7,10H,8-9H2,2H3,(H,18,19)(H2,15,16,17). The van der Waals surface area contributed by atoms with E-state index >= 15 is 0 Å². The Balaban J connectivity index is 1.82. The van der Waals surface area contributed by atoms with Crippen LogP contribution in [0.15, 0.2) is 29.3 Å². The normalized spacial score (nSPS) is 17.1. The zero-order valence-corrected chi connectivity index (χ0v) is 10.7. The molecular weight excluding hydrogens is 240 g/mol. The molecule has 0 saturated heterocycles. The van der Waals surface area contributed by atoms with Crippen LogP contribution in [0.1, 0.15) is 12.5 Å². The fourth-order valence-corrected chi connectivity index (χ4v) is 1.72. The maximum Gasteiger partial charge on any atom is 0.243 e. The van der Waals surface area contributed by atoms with Gasteiger partial charge in [0.1, 0.15) is 0 Å². The summed E-state index contributed by atoms with van der Waals surface area (Å²) in [5, 5.41) is 8.84. The lowest BCUT2D eigenvalue weighted by molar-refractivity contribution is -0.115. The van der Waals surface area contributed by atoms with Crippen LogP contribution in [0.2, 0.25) is 0 Å². The number of aliphatic imine (C=N–C) groups is 1. The molecule has 1 amide bonds. The molecule has 3 N–H and O–H groups in total. The van der Waals surface area contributed by atoms with E-state index < -0.39 is 0 Å². The summed E-state index contributed by atoms with van der Waals surface area (Å²) in [5.74, 6) is 3.05. The number of nitrogens with one attached hydrogen (secondary N) is 3. The van der Waals surface area contributed by atoms with Crippen LogP contribution in [0.5, 0.6) is 0 Å². The summed E-state index contributed by atoms with van der Waals surface area (Å²) >= 11 is 0. The lowest BCUT2D eigenvalue weighted by Gasteiger charge is -2.09. The van der Waals surface area contributed by atoms with Crippen LogP contribution in [0.3, 0.4) is 0 Å². The van der Waals surface area contributed by atoms with Crippen LogP contribution >= 0.6 is 0 Å². The smallest absolute Gasteiger partial charge is 0.243 e. The van der Waals surface area contributed by atoms with Crippen molar-refractivity contribution in [3.63, 3.8) is 0 Å². The molecule has 1 aliphatic rings. The molecule has 0 aromatic heterocycles. The van der Waals surface area contributed by atoms with Gasteiger partial charge in [-0.2, -0.15) is 0 Å². The van der Waals surface area contributed by atoms with E-state index in [0.717, 1.165) is 12.1 Å². The second-order valence-electron chi connectivity index (χ2n) is 4.36. The highest BCUT2D eigenvalue weighted by Gasteiger charge is 2.12. The summed E-state index contributed by atoms with van der Waals surface area (Å²) in [7, 11) is 0. The molecule has 0 radical (unpaired) electrons. The first-order valence-corrected chi connectivity index (χ1v) is 6.09. The molecule has 1 aromatic carbocycles. The molecule has 0 aliphatic carbocycles. The largest absolute Gasteiger partial charge is 0.352 e. The monoisotopic (exact) mass is 256 g/mol. The van der Waals surface area contributed by atoms with Gasteiger partial charge in [0.05, 0.1) is 13.1 Å². The number of hydrogen-bond acceptors (Lipinski definition) is 4. The number of hydrogen-bond donors (Lipinski definition) is 3. The minimum atomic E-state index is -0.141. The summed E-state index contributed by atoms with van der Waals surface area (Å²) in [6.07, 6.45) is 5.30. The summed E-state index contributed by atoms with van der Waals surface area (Å²) in [5.41, 5.74) is 1.43. The van der Waals surface area contributed by atoms with Crippen molar-refractivity contribution in [1.82, 2.24) is 10.6 Å². The average molecular weight is 256 g/mol. The van der Waals surface area contributed by atoms with Crippen LogP contribution in [0.25, 0.3) is 0 Å². The number of anilines is 1. The second kappa shape index (κ2) is 5.91. The van der Waals surface area contributed by atoms with Crippen molar-refractivity contribution in [1.29, 1.82) is 0 Å². The van der Waals surface area contributed by atoms with Gasteiger partial charge in [0.15, 0.2) is 5.96 Å². The molecule has 5 heteroatoms. The molecule has 0 bridgehead atoms. The van der Waals surface area contributed by atoms with Gasteiger partial charge in [-0.15, -0.1) is 6.42 Å². The van der Waals surface area contributed by atoms with Crippen molar-refractivity contribution in [3.05, 3.63) is 29.8 Å². The van der Waals surface area contributed by atoms with E-state index in [-0.39, 0.29) is 12.5 Å². The Morgan fingerprint density at radius 2 is 2.47 bits per heavy atom. The van der Waals surface area contributed by atoms with E-state index in [1.807, 2.05) is 19.1 Å². The van der Waals surface area contributed by atoms with E-state index in [1.165, 1.54) is 0 Å². The number of carbonyl (C=O) groups is 1. The number of guanidine groups is 1. The summed E-state index contributed by atoms with van der Waals surface area (Å²) in [4.78, 5) is 16.0. The van der Waals surface area contributed by atoms with Crippen LogP contribution in [-0.2, 0) is 4.79 Å². The Morgan fingerprint density at radius 1 is 1.63 bits per heavy atom. The average Bonchev–Trinajstić information content (AvgIpc) is 2.82. The van der Waals surface area contributed by atoms with E-state index in [0.29, 0.717) is 17.7 Å². The molecule has 98 valence electrons. The number of rotatable bonds is 3. The van der Waals surface area contributed by atoms with E-state index in [1.54, 1.807) is 12.1 Å². The highest BCUT2D eigenvalue weighted by Crippen LogP contribution is 2.09. The Bertz CT molecular complexity index is 545. The van der Waals surface area contributed by atoms with Crippen LogP contribution in [0, 0.1) is 12.3 Å². The zero-order valence-electron chi connectivity index (χ0n) is 10.7. The van der Waals surface area contributed by atoms with Gasteiger partial charge < -0.3 is 16.0 Å². The predicted molar refractivity (Wildman–Crippen MR) is 75.9 cm³/mol. The molecule has 0 spiro atoms. The van der Waals surface area contributed by atoms with Crippen LogP contribution < -0.4 is 16.0 Å². The molecule has 19 heavy (non-hydrogen) atoms. The van der Waals surface area contributed by atoms with Crippen molar-refractivity contribution in [3.8, 4) is 12.3 Å². The number of amides is 1. The van der Waals surface area contributed by atoms with E-state index in [4.69, 9.17) is 6.42 Å². The molecule has 1 heterocycles. The first-order valence-electron chi connectivity index (χ1n) is 6.09. The molecule has 2 rings (SSSR count). The summed E-state index contributed by atoms with van der Waals surface area (Å²) in [6.45, 7) is 2.93. The Hall–Kier alpha value is -2.48. The number of terminal acetylenes is 1. The second-order valence-corrected chi connectivity index (χ2v) is 4.36. The van der Waals surface area contributed by atoms with Gasteiger partial charge in [-0.25, -0.2) is 0 Å². The Labute approximate surface area is 112 Å². The van der Waals surface area contributed by atoms with Crippen LogP contribution in [-0.4, -0.2) is 31.0 Å². The quantitative estimate of drug-likeness (QED) is 0.692. The minimum Gasteiger partial charge on any atom is -0.352 e. The highest BCUT2D eigenvalue weighted by atomic mass is 16.1. The molecule has 0 saturated carbocycles. The number of nitrogens with zero attached hydrogens (tertiary/aromatic N) is 1. The number of carbonyl (C=O) groups excluding carboxylic acids is 1.